The molecule has 1 N–H and O–H groups in total. The van der Waals surface area contributed by atoms with Crippen LogP contribution in [0.3, 0.4) is 0 Å². The van der Waals surface area contributed by atoms with E-state index in [2.05, 4.69) is 9.47 Å². The molecule has 17 heavy (non-hydrogen) atoms. The molecule has 0 aliphatic heterocycles. The van der Waals surface area contributed by atoms with Crippen LogP contribution in [0.15, 0.2) is 0 Å². The quantitative estimate of drug-likeness (QED) is 0.775. The zero-order valence-electron chi connectivity index (χ0n) is 9.02. The molecule has 0 saturated heterocycles. The lowest BCUT2D eigenvalue weighted by Gasteiger charge is -2.34. The molecule has 0 aromatic heterocycles. The van der Waals surface area contributed by atoms with E-state index in [9.17, 15) is 26.3 Å². The van der Waals surface area contributed by atoms with Crippen molar-refractivity contribution < 1.29 is 40.9 Å². The summed E-state index contributed by atoms with van der Waals surface area (Å²) in [6.45, 7) is -1.69. The summed E-state index contributed by atoms with van der Waals surface area (Å²) in [6, 6.07) is 0. The Morgan fingerprint density at radius 3 is 1.71 bits per heavy atom. The first kappa shape index (κ1) is 16.5. The van der Waals surface area contributed by atoms with Crippen molar-refractivity contribution in [1.82, 2.24) is 0 Å². The van der Waals surface area contributed by atoms with Gasteiger partial charge in [0.1, 0.15) is 6.10 Å². The molecule has 0 rings (SSSR count). The zero-order valence-corrected chi connectivity index (χ0v) is 9.02. The van der Waals surface area contributed by atoms with Crippen molar-refractivity contribution in [2.45, 2.75) is 31.0 Å². The first-order valence-electron chi connectivity index (χ1n) is 4.40. The van der Waals surface area contributed by atoms with Gasteiger partial charge in [0.05, 0.1) is 13.2 Å². The maximum absolute atomic E-state index is 12.3. The fourth-order valence-electron chi connectivity index (χ4n) is 0.828. The molecule has 0 aromatic rings. The van der Waals surface area contributed by atoms with Gasteiger partial charge in [-0.25, -0.2) is 0 Å². The number of hydrogen-bond donors (Lipinski definition) is 1. The Hall–Kier alpha value is -0.540. The van der Waals surface area contributed by atoms with Crippen LogP contribution >= 0.6 is 0 Å². The predicted molar refractivity (Wildman–Crippen MR) is 44.3 cm³/mol. The number of halogens is 6. The van der Waals surface area contributed by atoms with Crippen LogP contribution in [0.5, 0.6) is 0 Å². The molecule has 1 unspecified atom stereocenters. The van der Waals surface area contributed by atoms with Crippen molar-refractivity contribution in [3.8, 4) is 0 Å². The summed E-state index contributed by atoms with van der Waals surface area (Å²) in [5.41, 5.74) is -4.31. The molecule has 0 heterocycles. The molecule has 0 aromatic carbocycles. The summed E-state index contributed by atoms with van der Waals surface area (Å²) in [5, 5.41) is 8.96. The molecule has 0 saturated carbocycles. The monoisotopic (exact) mass is 270 g/mol. The van der Waals surface area contributed by atoms with Crippen LogP contribution in [0, 0.1) is 0 Å². The third kappa shape index (κ3) is 4.00. The van der Waals surface area contributed by atoms with Crippen molar-refractivity contribution >= 4 is 0 Å². The Labute approximate surface area is 93.3 Å². The highest BCUT2D eigenvalue weighted by Crippen LogP contribution is 2.45. The van der Waals surface area contributed by atoms with Gasteiger partial charge in [0.15, 0.2) is 0 Å². The summed E-state index contributed by atoms with van der Waals surface area (Å²) in [6.07, 6.45) is -12.8. The lowest BCUT2D eigenvalue weighted by molar-refractivity contribution is -0.376. The molecule has 0 aliphatic carbocycles. The van der Waals surface area contributed by atoms with Gasteiger partial charge in [0, 0.05) is 7.11 Å². The van der Waals surface area contributed by atoms with Crippen molar-refractivity contribution in [1.29, 1.82) is 0 Å². The molecule has 1 atom stereocenters. The van der Waals surface area contributed by atoms with E-state index in [0.717, 1.165) is 7.11 Å². The number of aliphatic hydroxyl groups is 1. The van der Waals surface area contributed by atoms with Crippen molar-refractivity contribution in [3.63, 3.8) is 0 Å². The predicted octanol–water partition coefficient (Wildman–Crippen LogP) is 1.89. The maximum Gasteiger partial charge on any atom is 0.426 e. The first-order valence-corrected chi connectivity index (χ1v) is 4.40. The number of rotatable bonds is 5. The van der Waals surface area contributed by atoms with Crippen molar-refractivity contribution in [2.24, 2.45) is 0 Å². The largest absolute Gasteiger partial charge is 0.426 e. The molecular formula is C8H12F6O3. The SMILES string of the molecule is COCC(O)COC(C)(C(F)(F)F)C(F)(F)F. The lowest BCUT2D eigenvalue weighted by Crippen LogP contribution is -2.57. The van der Waals surface area contributed by atoms with Crippen molar-refractivity contribution in [2.75, 3.05) is 20.3 Å². The molecule has 0 amide bonds. The standard InChI is InChI=1S/C8H12F6O3/c1-6(7(9,10)11,8(12,13)14)17-4-5(15)3-16-2/h5,15H,3-4H2,1-2H3. The van der Waals surface area contributed by atoms with Crippen LogP contribution in [0.4, 0.5) is 26.3 Å². The van der Waals surface area contributed by atoms with Gasteiger partial charge < -0.3 is 14.6 Å². The van der Waals surface area contributed by atoms with Crippen molar-refractivity contribution in [3.05, 3.63) is 0 Å². The van der Waals surface area contributed by atoms with Gasteiger partial charge in [0.2, 0.25) is 0 Å². The Bertz CT molecular complexity index is 222. The summed E-state index contributed by atoms with van der Waals surface area (Å²) >= 11 is 0. The molecule has 0 aliphatic rings. The normalized spacial score (nSPS) is 16.1. The van der Waals surface area contributed by atoms with E-state index in [0.29, 0.717) is 0 Å². The van der Waals surface area contributed by atoms with Gasteiger partial charge in [-0.05, 0) is 6.92 Å². The Morgan fingerprint density at radius 1 is 1.00 bits per heavy atom. The second kappa shape index (κ2) is 5.40. The van der Waals surface area contributed by atoms with E-state index in [-0.39, 0.29) is 6.92 Å². The summed E-state index contributed by atoms with van der Waals surface area (Å²) in [5.74, 6) is 0. The lowest BCUT2D eigenvalue weighted by atomic mass is 10.1. The highest BCUT2D eigenvalue weighted by atomic mass is 19.4. The van der Waals surface area contributed by atoms with Gasteiger partial charge in [-0.2, -0.15) is 26.3 Å². The molecule has 0 radical (unpaired) electrons. The average Bonchev–Trinajstić information content (AvgIpc) is 2.10. The minimum atomic E-state index is -5.63. The van der Waals surface area contributed by atoms with E-state index in [4.69, 9.17) is 5.11 Å². The molecule has 0 spiro atoms. The average molecular weight is 270 g/mol. The molecule has 104 valence electrons. The van der Waals surface area contributed by atoms with E-state index >= 15 is 0 Å². The second-order valence-electron chi connectivity index (χ2n) is 3.45. The maximum atomic E-state index is 12.3. The number of hydrogen-bond acceptors (Lipinski definition) is 3. The number of alkyl halides is 6. The third-order valence-corrected chi connectivity index (χ3v) is 2.01. The first-order chi connectivity index (χ1) is 7.45. The van der Waals surface area contributed by atoms with Crippen LogP contribution < -0.4 is 0 Å². The van der Waals surface area contributed by atoms with Crippen LogP contribution in [-0.4, -0.2) is 49.5 Å². The molecule has 3 nitrogen and oxygen atoms in total. The molecule has 0 bridgehead atoms. The van der Waals surface area contributed by atoms with Crippen LogP contribution in [-0.2, 0) is 9.47 Å². The second-order valence-corrected chi connectivity index (χ2v) is 3.45. The van der Waals surface area contributed by atoms with E-state index in [1.165, 1.54) is 0 Å². The van der Waals surface area contributed by atoms with Gasteiger partial charge in [-0.15, -0.1) is 0 Å². The highest BCUT2D eigenvalue weighted by Gasteiger charge is 2.69. The Morgan fingerprint density at radius 2 is 1.41 bits per heavy atom. The van der Waals surface area contributed by atoms with E-state index in [1.807, 2.05) is 0 Å². The van der Waals surface area contributed by atoms with Crippen LogP contribution in [0.2, 0.25) is 0 Å². The summed E-state index contributed by atoms with van der Waals surface area (Å²) in [7, 11) is 1.13. The molecule has 0 fully saturated rings. The number of ether oxygens (including phenoxy) is 2. The van der Waals surface area contributed by atoms with Gasteiger partial charge in [0.25, 0.3) is 5.60 Å². The number of methoxy groups -OCH3 is 1. The summed E-state index contributed by atoms with van der Waals surface area (Å²) in [4.78, 5) is 0. The molecule has 9 heteroatoms. The van der Waals surface area contributed by atoms with E-state index < -0.39 is 37.3 Å². The smallest absolute Gasteiger partial charge is 0.388 e. The third-order valence-electron chi connectivity index (χ3n) is 2.01. The van der Waals surface area contributed by atoms with Gasteiger partial charge in [-0.1, -0.05) is 0 Å². The van der Waals surface area contributed by atoms with Crippen LogP contribution in [0.1, 0.15) is 6.92 Å². The zero-order chi connectivity index (χ0) is 13.9. The van der Waals surface area contributed by atoms with Crippen LogP contribution in [0.25, 0.3) is 0 Å². The fourth-order valence-corrected chi connectivity index (χ4v) is 0.828. The minimum absolute atomic E-state index is 0.132. The fraction of sp³-hybridized carbons (Fsp3) is 1.00. The molecular weight excluding hydrogens is 258 g/mol. The van der Waals surface area contributed by atoms with Gasteiger partial charge in [-0.3, -0.25) is 0 Å². The van der Waals surface area contributed by atoms with Gasteiger partial charge >= 0.3 is 12.4 Å². The van der Waals surface area contributed by atoms with E-state index in [1.54, 1.807) is 0 Å². The topological polar surface area (TPSA) is 38.7 Å². The Kier molecular flexibility index (Phi) is 5.23. The number of aliphatic hydroxyl groups excluding tert-OH is 1. The Balaban J connectivity index is 4.76. The highest BCUT2D eigenvalue weighted by molar-refractivity contribution is 4.91. The summed E-state index contributed by atoms with van der Waals surface area (Å²) < 4.78 is 81.8. The minimum Gasteiger partial charge on any atom is -0.388 e.